The molecule has 0 spiro atoms. The molecule has 1 heterocycles. The molecule has 1 amide bonds. The van der Waals surface area contributed by atoms with Crippen molar-refractivity contribution in [2.75, 3.05) is 20.1 Å². The predicted octanol–water partition coefficient (Wildman–Crippen LogP) is 0.607. The molecule has 3 nitrogen and oxygen atoms in total. The number of nitrogens with zero attached hydrogens (tertiary/aromatic N) is 1. The predicted molar refractivity (Wildman–Crippen MR) is 49.0 cm³/mol. The van der Waals surface area contributed by atoms with Crippen LogP contribution in [-0.2, 0) is 4.79 Å². The Kier molecular flexibility index (Phi) is 3.53. The summed E-state index contributed by atoms with van der Waals surface area (Å²) in [6, 6.07) is 0.136. The summed E-state index contributed by atoms with van der Waals surface area (Å²) in [5.74, 6) is 0.256. The van der Waals surface area contributed by atoms with E-state index in [1.54, 1.807) is 0 Å². The maximum atomic E-state index is 11.4. The molecular formula is C9H18N2O. The summed E-state index contributed by atoms with van der Waals surface area (Å²) in [6.07, 6.45) is 3.56. The van der Waals surface area contributed by atoms with Crippen LogP contribution in [0.15, 0.2) is 0 Å². The average Bonchev–Trinajstić information content (AvgIpc) is 2.86. The molecule has 1 saturated heterocycles. The largest absolute Gasteiger partial charge is 0.344 e. The third kappa shape index (κ3) is 2.81. The van der Waals surface area contributed by atoms with E-state index in [4.69, 9.17) is 0 Å². The summed E-state index contributed by atoms with van der Waals surface area (Å²) in [5.41, 5.74) is 0. The van der Waals surface area contributed by atoms with Gasteiger partial charge >= 0.3 is 0 Å². The third-order valence-corrected chi connectivity index (χ3v) is 2.18. The van der Waals surface area contributed by atoms with Gasteiger partial charge in [0.05, 0.1) is 6.04 Å². The second-order valence-electron chi connectivity index (χ2n) is 3.43. The minimum absolute atomic E-state index is 0.136. The first-order chi connectivity index (χ1) is 5.75. The number of rotatable bonds is 5. The number of likely N-dealkylation sites (N-methyl/N-ethyl adjacent to an activating group) is 1. The summed E-state index contributed by atoms with van der Waals surface area (Å²) in [5, 5.41) is 3.01. The van der Waals surface area contributed by atoms with E-state index in [1.165, 1.54) is 12.8 Å². The fourth-order valence-electron chi connectivity index (χ4n) is 1.21. The van der Waals surface area contributed by atoms with E-state index in [0.29, 0.717) is 0 Å². The lowest BCUT2D eigenvalue weighted by molar-refractivity contribution is -0.129. The number of unbranched alkanes of at least 4 members (excludes halogenated alkanes) is 2. The van der Waals surface area contributed by atoms with Crippen molar-refractivity contribution in [3.8, 4) is 0 Å². The standard InChI is InChI=1S/C9H18N2O/c1-3-4-5-6-11(2)9(12)8-7-10-8/h8,10H,3-7H2,1-2H3/t8-/m0/s1. The van der Waals surface area contributed by atoms with Crippen molar-refractivity contribution >= 4 is 5.91 Å². The monoisotopic (exact) mass is 170 g/mol. The van der Waals surface area contributed by atoms with Crippen LogP contribution < -0.4 is 5.32 Å². The highest BCUT2D eigenvalue weighted by Gasteiger charge is 2.30. The van der Waals surface area contributed by atoms with Crippen LogP contribution in [0.4, 0.5) is 0 Å². The van der Waals surface area contributed by atoms with Gasteiger partial charge in [-0.3, -0.25) is 4.79 Å². The van der Waals surface area contributed by atoms with E-state index < -0.39 is 0 Å². The molecule has 0 saturated carbocycles. The Bertz CT molecular complexity index is 155. The van der Waals surface area contributed by atoms with E-state index in [1.807, 2.05) is 11.9 Å². The summed E-state index contributed by atoms with van der Waals surface area (Å²) in [6.45, 7) is 3.95. The lowest BCUT2D eigenvalue weighted by Gasteiger charge is -2.15. The second kappa shape index (κ2) is 4.45. The average molecular weight is 170 g/mol. The number of nitrogens with one attached hydrogen (secondary N) is 1. The highest BCUT2D eigenvalue weighted by molar-refractivity contribution is 5.84. The molecule has 0 aromatic rings. The Labute approximate surface area is 74.1 Å². The van der Waals surface area contributed by atoms with Crippen molar-refractivity contribution < 1.29 is 4.79 Å². The first-order valence-electron chi connectivity index (χ1n) is 4.74. The van der Waals surface area contributed by atoms with Crippen LogP contribution >= 0.6 is 0 Å². The normalized spacial score (nSPS) is 20.7. The molecule has 0 aromatic carbocycles. The summed E-state index contributed by atoms with van der Waals surface area (Å²) >= 11 is 0. The molecule has 0 bridgehead atoms. The van der Waals surface area contributed by atoms with Gasteiger partial charge in [-0.1, -0.05) is 19.8 Å². The number of amides is 1. The Morgan fingerprint density at radius 3 is 2.75 bits per heavy atom. The van der Waals surface area contributed by atoms with Crippen LogP contribution in [0.3, 0.4) is 0 Å². The molecule has 1 atom stereocenters. The van der Waals surface area contributed by atoms with Crippen molar-refractivity contribution in [2.24, 2.45) is 0 Å². The Morgan fingerprint density at radius 1 is 1.58 bits per heavy atom. The van der Waals surface area contributed by atoms with E-state index in [2.05, 4.69) is 12.2 Å². The number of carbonyl (C=O) groups excluding carboxylic acids is 1. The van der Waals surface area contributed by atoms with Crippen LogP contribution in [0.1, 0.15) is 26.2 Å². The van der Waals surface area contributed by atoms with Crippen molar-refractivity contribution in [1.29, 1.82) is 0 Å². The Balaban J connectivity index is 2.09. The minimum Gasteiger partial charge on any atom is -0.344 e. The molecule has 1 N–H and O–H groups in total. The van der Waals surface area contributed by atoms with Gasteiger partial charge in [0.15, 0.2) is 0 Å². The molecule has 1 rings (SSSR count). The summed E-state index contributed by atoms with van der Waals surface area (Å²) < 4.78 is 0. The van der Waals surface area contributed by atoms with Gasteiger partial charge in [0.2, 0.25) is 5.91 Å². The van der Waals surface area contributed by atoms with E-state index >= 15 is 0 Å². The molecule has 0 unspecified atom stereocenters. The number of carbonyl (C=O) groups is 1. The van der Waals surface area contributed by atoms with E-state index in [9.17, 15) is 4.79 Å². The smallest absolute Gasteiger partial charge is 0.240 e. The Hall–Kier alpha value is -0.570. The molecule has 70 valence electrons. The maximum absolute atomic E-state index is 11.4. The van der Waals surface area contributed by atoms with Crippen molar-refractivity contribution in [3.05, 3.63) is 0 Å². The van der Waals surface area contributed by atoms with Crippen LogP contribution in [0.5, 0.6) is 0 Å². The zero-order valence-electron chi connectivity index (χ0n) is 7.97. The molecule has 0 aromatic heterocycles. The molecule has 0 radical (unpaired) electrons. The molecule has 0 aliphatic carbocycles. The highest BCUT2D eigenvalue weighted by Crippen LogP contribution is 2.03. The van der Waals surface area contributed by atoms with Gasteiger partial charge in [-0.25, -0.2) is 0 Å². The highest BCUT2D eigenvalue weighted by atomic mass is 16.2. The van der Waals surface area contributed by atoms with Gasteiger partial charge < -0.3 is 10.2 Å². The van der Waals surface area contributed by atoms with Gasteiger partial charge in [-0.2, -0.15) is 0 Å². The number of hydrogen-bond acceptors (Lipinski definition) is 2. The quantitative estimate of drug-likeness (QED) is 0.485. The lowest BCUT2D eigenvalue weighted by Crippen LogP contribution is -2.32. The van der Waals surface area contributed by atoms with Gasteiger partial charge in [0.1, 0.15) is 0 Å². The first kappa shape index (κ1) is 9.52. The first-order valence-corrected chi connectivity index (χ1v) is 4.74. The van der Waals surface area contributed by atoms with Crippen LogP contribution in [0, 0.1) is 0 Å². The number of hydrogen-bond donors (Lipinski definition) is 1. The molecular weight excluding hydrogens is 152 g/mol. The van der Waals surface area contributed by atoms with Gasteiger partial charge in [-0.15, -0.1) is 0 Å². The molecule has 1 fully saturated rings. The topological polar surface area (TPSA) is 42.2 Å². The molecule has 3 heteroatoms. The molecule has 12 heavy (non-hydrogen) atoms. The van der Waals surface area contributed by atoms with Gasteiger partial charge in [0.25, 0.3) is 0 Å². The van der Waals surface area contributed by atoms with Crippen molar-refractivity contribution in [2.45, 2.75) is 32.2 Å². The zero-order chi connectivity index (χ0) is 8.97. The Morgan fingerprint density at radius 2 is 2.25 bits per heavy atom. The van der Waals surface area contributed by atoms with Crippen LogP contribution in [-0.4, -0.2) is 37.0 Å². The third-order valence-electron chi connectivity index (χ3n) is 2.18. The maximum Gasteiger partial charge on any atom is 0.240 e. The summed E-state index contributed by atoms with van der Waals surface area (Å²) in [4.78, 5) is 13.2. The van der Waals surface area contributed by atoms with E-state index in [0.717, 1.165) is 19.5 Å². The summed E-state index contributed by atoms with van der Waals surface area (Å²) in [7, 11) is 1.89. The molecule has 1 aliphatic heterocycles. The van der Waals surface area contributed by atoms with Gasteiger partial charge in [0, 0.05) is 20.1 Å². The van der Waals surface area contributed by atoms with Crippen molar-refractivity contribution in [3.63, 3.8) is 0 Å². The fraction of sp³-hybridized carbons (Fsp3) is 0.889. The molecule has 1 aliphatic rings. The second-order valence-corrected chi connectivity index (χ2v) is 3.43. The SMILES string of the molecule is CCCCCN(C)C(=O)[C@@H]1CN1. The zero-order valence-corrected chi connectivity index (χ0v) is 7.97. The van der Waals surface area contributed by atoms with Crippen molar-refractivity contribution in [1.82, 2.24) is 10.2 Å². The van der Waals surface area contributed by atoms with Gasteiger partial charge in [-0.05, 0) is 6.42 Å². The van der Waals surface area contributed by atoms with Crippen LogP contribution in [0.2, 0.25) is 0 Å². The fourth-order valence-corrected chi connectivity index (χ4v) is 1.21. The lowest BCUT2D eigenvalue weighted by atomic mass is 10.2. The minimum atomic E-state index is 0.136. The van der Waals surface area contributed by atoms with Crippen LogP contribution in [0.25, 0.3) is 0 Å². The van der Waals surface area contributed by atoms with E-state index in [-0.39, 0.29) is 11.9 Å².